The molecule has 0 radical (unpaired) electrons. The van der Waals surface area contributed by atoms with Crippen LogP contribution in [0, 0.1) is 5.82 Å². The van der Waals surface area contributed by atoms with Crippen LogP contribution in [-0.2, 0) is 15.2 Å². The summed E-state index contributed by atoms with van der Waals surface area (Å²) in [5.74, 6) is -1.48. The van der Waals surface area contributed by atoms with E-state index >= 15 is 0 Å². The summed E-state index contributed by atoms with van der Waals surface area (Å²) >= 11 is 0. The van der Waals surface area contributed by atoms with Crippen molar-refractivity contribution in [3.05, 3.63) is 83.3 Å². The molecule has 5 heteroatoms. The molecule has 1 aliphatic heterocycles. The van der Waals surface area contributed by atoms with Gasteiger partial charge in [-0.15, -0.1) is 0 Å². The average molecular weight is 285 g/mol. The number of carboxylic acids is 1. The van der Waals surface area contributed by atoms with Crippen molar-refractivity contribution in [3.8, 4) is 0 Å². The maximum Gasteiger partial charge on any atom is 0.354 e. The lowest BCUT2D eigenvalue weighted by molar-refractivity contribution is -0.134. The summed E-state index contributed by atoms with van der Waals surface area (Å²) in [4.78, 5) is 16.7. The van der Waals surface area contributed by atoms with Gasteiger partial charge in [0.15, 0.2) is 5.60 Å². The standard InChI is InChI=1S/C16H12FNO3/c17-13-8-6-12(7-9-13)16(11-4-2-1-3-5-11)10-14(15(19)20)18-21-16/h1-10,18H,(H,19,20). The summed E-state index contributed by atoms with van der Waals surface area (Å²) in [6.45, 7) is 0. The second kappa shape index (κ2) is 5.03. The fourth-order valence-corrected chi connectivity index (χ4v) is 2.34. The lowest BCUT2D eigenvalue weighted by Crippen LogP contribution is -2.28. The van der Waals surface area contributed by atoms with Crippen LogP contribution in [0.15, 0.2) is 66.4 Å². The molecule has 0 spiro atoms. The Morgan fingerprint density at radius 2 is 1.67 bits per heavy atom. The molecule has 1 unspecified atom stereocenters. The zero-order chi connectivity index (χ0) is 14.9. The van der Waals surface area contributed by atoms with Gasteiger partial charge in [0.2, 0.25) is 0 Å². The highest BCUT2D eigenvalue weighted by Crippen LogP contribution is 2.38. The van der Waals surface area contributed by atoms with Crippen molar-refractivity contribution in [2.75, 3.05) is 0 Å². The van der Waals surface area contributed by atoms with Crippen LogP contribution in [-0.4, -0.2) is 11.1 Å². The molecule has 0 fully saturated rings. The molecule has 0 aliphatic carbocycles. The third-order valence-electron chi connectivity index (χ3n) is 3.38. The molecule has 0 saturated carbocycles. The van der Waals surface area contributed by atoms with Crippen molar-refractivity contribution in [1.29, 1.82) is 0 Å². The molecule has 1 heterocycles. The monoisotopic (exact) mass is 285 g/mol. The van der Waals surface area contributed by atoms with Crippen LogP contribution in [0.2, 0.25) is 0 Å². The molecule has 1 aliphatic rings. The molecule has 4 nitrogen and oxygen atoms in total. The van der Waals surface area contributed by atoms with E-state index in [1.807, 2.05) is 30.3 Å². The van der Waals surface area contributed by atoms with E-state index in [0.29, 0.717) is 5.56 Å². The van der Waals surface area contributed by atoms with Gasteiger partial charge in [-0.05, 0) is 29.3 Å². The van der Waals surface area contributed by atoms with Gasteiger partial charge >= 0.3 is 5.97 Å². The van der Waals surface area contributed by atoms with E-state index in [1.165, 1.54) is 18.2 Å². The number of aliphatic carboxylic acids is 1. The predicted octanol–water partition coefficient (Wildman–Crippen LogP) is 2.57. The van der Waals surface area contributed by atoms with Gasteiger partial charge in [0.1, 0.15) is 11.5 Å². The Hall–Kier alpha value is -2.66. The van der Waals surface area contributed by atoms with Crippen molar-refractivity contribution in [1.82, 2.24) is 5.48 Å². The van der Waals surface area contributed by atoms with E-state index in [9.17, 15) is 9.18 Å². The molecule has 106 valence electrons. The fraction of sp³-hybridized carbons (Fsp3) is 0.0625. The van der Waals surface area contributed by atoms with E-state index in [0.717, 1.165) is 5.56 Å². The maximum absolute atomic E-state index is 13.1. The number of nitrogens with one attached hydrogen (secondary N) is 1. The molecule has 0 bridgehead atoms. The van der Waals surface area contributed by atoms with E-state index in [1.54, 1.807) is 12.1 Å². The van der Waals surface area contributed by atoms with E-state index in [-0.39, 0.29) is 11.5 Å². The zero-order valence-corrected chi connectivity index (χ0v) is 10.9. The third kappa shape index (κ3) is 2.28. The molecule has 0 saturated heterocycles. The topological polar surface area (TPSA) is 58.6 Å². The summed E-state index contributed by atoms with van der Waals surface area (Å²) in [6, 6.07) is 14.9. The van der Waals surface area contributed by atoms with Gasteiger partial charge in [-0.3, -0.25) is 10.3 Å². The lowest BCUT2D eigenvalue weighted by atomic mass is 9.86. The Balaban J connectivity index is 2.17. The SMILES string of the molecule is O=C(O)C1=CC(c2ccccc2)(c2ccc(F)cc2)ON1. The number of rotatable bonds is 3. The summed E-state index contributed by atoms with van der Waals surface area (Å²) < 4.78 is 13.1. The number of carbonyl (C=O) groups is 1. The first-order valence-electron chi connectivity index (χ1n) is 6.33. The molecule has 0 amide bonds. The largest absolute Gasteiger partial charge is 0.477 e. The van der Waals surface area contributed by atoms with Crippen LogP contribution in [0.3, 0.4) is 0 Å². The van der Waals surface area contributed by atoms with Crippen molar-refractivity contribution in [3.63, 3.8) is 0 Å². The number of hydrogen-bond donors (Lipinski definition) is 2. The highest BCUT2D eigenvalue weighted by atomic mass is 19.1. The van der Waals surface area contributed by atoms with E-state index < -0.39 is 11.6 Å². The summed E-state index contributed by atoms with van der Waals surface area (Å²) in [7, 11) is 0. The quantitative estimate of drug-likeness (QED) is 0.910. The van der Waals surface area contributed by atoms with Gasteiger partial charge in [0, 0.05) is 0 Å². The molecular weight excluding hydrogens is 273 g/mol. The van der Waals surface area contributed by atoms with Gasteiger partial charge in [-0.25, -0.2) is 9.18 Å². The lowest BCUT2D eigenvalue weighted by Gasteiger charge is -2.26. The maximum atomic E-state index is 13.1. The van der Waals surface area contributed by atoms with Gasteiger partial charge in [0.05, 0.1) is 0 Å². The highest BCUT2D eigenvalue weighted by Gasteiger charge is 2.40. The first-order valence-corrected chi connectivity index (χ1v) is 6.33. The second-order valence-corrected chi connectivity index (χ2v) is 4.68. The van der Waals surface area contributed by atoms with Gasteiger partial charge in [-0.1, -0.05) is 42.5 Å². The number of carboxylic acid groups (broad SMARTS) is 1. The predicted molar refractivity (Wildman–Crippen MR) is 73.6 cm³/mol. The Morgan fingerprint density at radius 1 is 1.05 bits per heavy atom. The minimum atomic E-state index is -1.12. The van der Waals surface area contributed by atoms with Gasteiger partial charge < -0.3 is 5.11 Å². The van der Waals surface area contributed by atoms with E-state index in [2.05, 4.69) is 5.48 Å². The first kappa shape index (κ1) is 13.3. The van der Waals surface area contributed by atoms with E-state index in [4.69, 9.17) is 9.94 Å². The molecule has 2 aromatic rings. The minimum absolute atomic E-state index is 0.0526. The molecule has 3 rings (SSSR count). The highest BCUT2D eigenvalue weighted by molar-refractivity contribution is 5.86. The molecule has 0 aromatic heterocycles. The molecule has 2 N–H and O–H groups in total. The normalized spacial score (nSPS) is 20.7. The van der Waals surface area contributed by atoms with Crippen LogP contribution in [0.4, 0.5) is 4.39 Å². The van der Waals surface area contributed by atoms with Gasteiger partial charge in [-0.2, -0.15) is 0 Å². The van der Waals surface area contributed by atoms with Crippen LogP contribution in [0.1, 0.15) is 11.1 Å². The third-order valence-corrected chi connectivity index (χ3v) is 3.38. The minimum Gasteiger partial charge on any atom is -0.477 e. The Bertz CT molecular complexity index is 697. The second-order valence-electron chi connectivity index (χ2n) is 4.68. The van der Waals surface area contributed by atoms with Gasteiger partial charge in [0.25, 0.3) is 0 Å². The number of benzene rings is 2. The molecule has 2 aromatic carbocycles. The number of hydrogen-bond acceptors (Lipinski definition) is 3. The summed E-state index contributed by atoms with van der Waals surface area (Å²) in [6.07, 6.45) is 1.48. The Labute approximate surface area is 120 Å². The van der Waals surface area contributed by atoms with Crippen LogP contribution < -0.4 is 5.48 Å². The van der Waals surface area contributed by atoms with Crippen LogP contribution in [0.25, 0.3) is 0 Å². The molecule has 1 atom stereocenters. The average Bonchev–Trinajstić information content (AvgIpc) is 2.96. The first-order chi connectivity index (χ1) is 10.1. The van der Waals surface area contributed by atoms with Crippen molar-refractivity contribution < 1.29 is 19.1 Å². The van der Waals surface area contributed by atoms with Crippen LogP contribution >= 0.6 is 0 Å². The summed E-state index contributed by atoms with van der Waals surface area (Å²) in [5.41, 5.74) is 2.67. The van der Waals surface area contributed by atoms with Crippen molar-refractivity contribution >= 4 is 5.97 Å². The van der Waals surface area contributed by atoms with Crippen LogP contribution in [0.5, 0.6) is 0 Å². The Kier molecular flexibility index (Phi) is 3.19. The smallest absolute Gasteiger partial charge is 0.354 e. The summed E-state index contributed by atoms with van der Waals surface area (Å²) in [5, 5.41) is 9.11. The molecule has 21 heavy (non-hydrogen) atoms. The zero-order valence-electron chi connectivity index (χ0n) is 10.9. The fourth-order valence-electron chi connectivity index (χ4n) is 2.34. The molecular formula is C16H12FNO3. The number of halogens is 1. The van der Waals surface area contributed by atoms with Crippen molar-refractivity contribution in [2.45, 2.75) is 5.60 Å². The number of hydroxylamine groups is 1. The van der Waals surface area contributed by atoms with Crippen molar-refractivity contribution in [2.24, 2.45) is 0 Å². The Morgan fingerprint density at radius 3 is 2.24 bits per heavy atom.